The van der Waals surface area contributed by atoms with Crippen molar-refractivity contribution in [2.24, 2.45) is 0 Å². The van der Waals surface area contributed by atoms with E-state index in [0.29, 0.717) is 0 Å². The third kappa shape index (κ3) is 4.51. The summed E-state index contributed by atoms with van der Waals surface area (Å²) in [5.74, 6) is 0. The first-order chi connectivity index (χ1) is 24.3. The zero-order valence-corrected chi connectivity index (χ0v) is 26.5. The van der Waals surface area contributed by atoms with Crippen LogP contribution >= 0.6 is 0 Å². The van der Waals surface area contributed by atoms with Crippen molar-refractivity contribution < 1.29 is 4.42 Å². The molecule has 0 unspecified atom stereocenters. The van der Waals surface area contributed by atoms with Crippen molar-refractivity contribution in [2.45, 2.75) is 0 Å². The molecule has 0 amide bonds. The molecule has 0 spiro atoms. The Morgan fingerprint density at radius 2 is 0.918 bits per heavy atom. The molecule has 2 heterocycles. The fraction of sp³-hybridized carbons (Fsp3) is 0. The van der Waals surface area contributed by atoms with E-state index in [4.69, 9.17) is 14.4 Å². The highest BCUT2D eigenvalue weighted by atomic mass is 16.3. The molecule has 2 aromatic heterocycles. The van der Waals surface area contributed by atoms with Crippen LogP contribution in [0.15, 0.2) is 174 Å². The monoisotopic (exact) mass is 624 g/mol. The van der Waals surface area contributed by atoms with Crippen molar-refractivity contribution in [3.63, 3.8) is 0 Å². The Balaban J connectivity index is 1.13. The van der Waals surface area contributed by atoms with E-state index in [-0.39, 0.29) is 0 Å². The van der Waals surface area contributed by atoms with Gasteiger partial charge in [0.05, 0.1) is 22.9 Å². The van der Waals surface area contributed by atoms with Crippen LogP contribution in [0.25, 0.3) is 99.2 Å². The topological polar surface area (TPSA) is 38.9 Å². The predicted molar refractivity (Wildman–Crippen MR) is 204 cm³/mol. The molecule has 3 heteroatoms. The zero-order valence-electron chi connectivity index (χ0n) is 26.5. The van der Waals surface area contributed by atoms with E-state index in [1.807, 2.05) is 6.20 Å². The molecule has 0 saturated carbocycles. The van der Waals surface area contributed by atoms with Crippen LogP contribution in [-0.2, 0) is 0 Å². The van der Waals surface area contributed by atoms with Gasteiger partial charge < -0.3 is 4.42 Å². The minimum Gasteiger partial charge on any atom is -0.455 e. The lowest BCUT2D eigenvalue weighted by Gasteiger charge is -2.11. The lowest BCUT2D eigenvalue weighted by molar-refractivity contribution is 0.670. The van der Waals surface area contributed by atoms with Crippen LogP contribution in [0.3, 0.4) is 0 Å². The molecule has 0 bridgehead atoms. The average Bonchev–Trinajstić information content (AvgIpc) is 3.56. The number of nitrogens with zero attached hydrogens (tertiary/aromatic N) is 2. The maximum atomic E-state index is 6.64. The number of furan rings is 1. The van der Waals surface area contributed by atoms with Gasteiger partial charge in [0.1, 0.15) is 11.2 Å². The van der Waals surface area contributed by atoms with E-state index in [1.54, 1.807) is 0 Å². The van der Waals surface area contributed by atoms with Crippen LogP contribution in [0.4, 0.5) is 0 Å². The second kappa shape index (κ2) is 11.0. The van der Waals surface area contributed by atoms with Crippen LogP contribution in [0.1, 0.15) is 0 Å². The summed E-state index contributed by atoms with van der Waals surface area (Å²) in [7, 11) is 0. The maximum absolute atomic E-state index is 6.64. The first-order valence-electron chi connectivity index (χ1n) is 16.6. The standard InChI is InChI=1S/C46H28N2O/c1-3-11-29(12-4-1)33-23-24-43-40(25-33)41-27-34(30-13-5-2-6-14-30)26-39(46(41)49-43)31-19-21-32(22-20-31)42-28-47-44-37-17-9-7-15-35(37)36-16-8-10-18-38(36)45(44)48-42/h1-28H. The fourth-order valence-electron chi connectivity index (χ4n) is 7.28. The SMILES string of the molecule is c1ccc(-c2ccc3oc4c(-c5ccc(-c6cnc7c8ccccc8c8ccccc8c7n6)cc5)cc(-c5ccccc5)cc4c3c2)cc1. The summed E-state index contributed by atoms with van der Waals surface area (Å²) in [6.45, 7) is 0. The predicted octanol–water partition coefficient (Wildman–Crippen LogP) is 12.5. The summed E-state index contributed by atoms with van der Waals surface area (Å²) in [5.41, 5.74) is 12.3. The van der Waals surface area contributed by atoms with E-state index < -0.39 is 0 Å². The molecule has 0 aliphatic heterocycles. The van der Waals surface area contributed by atoms with Crippen molar-refractivity contribution in [1.82, 2.24) is 9.97 Å². The highest BCUT2D eigenvalue weighted by Crippen LogP contribution is 2.41. The second-order valence-corrected chi connectivity index (χ2v) is 12.6. The molecular weight excluding hydrogens is 597 g/mol. The van der Waals surface area contributed by atoms with Crippen LogP contribution in [-0.4, -0.2) is 9.97 Å². The quantitative estimate of drug-likeness (QED) is 0.183. The van der Waals surface area contributed by atoms with Gasteiger partial charge in [0.25, 0.3) is 0 Å². The summed E-state index contributed by atoms with van der Waals surface area (Å²) >= 11 is 0. The van der Waals surface area contributed by atoms with Gasteiger partial charge in [-0.1, -0.05) is 140 Å². The molecule has 3 nitrogen and oxygen atoms in total. The number of rotatable bonds is 4. The van der Waals surface area contributed by atoms with Gasteiger partial charge in [0.15, 0.2) is 0 Å². The van der Waals surface area contributed by atoms with Crippen LogP contribution < -0.4 is 0 Å². The maximum Gasteiger partial charge on any atom is 0.143 e. The van der Waals surface area contributed by atoms with Gasteiger partial charge in [-0.25, -0.2) is 4.98 Å². The van der Waals surface area contributed by atoms with Crippen molar-refractivity contribution in [1.29, 1.82) is 0 Å². The summed E-state index contributed by atoms with van der Waals surface area (Å²) in [5, 5.41) is 6.84. The minimum atomic E-state index is 0.847. The number of aromatic nitrogens is 2. The Morgan fingerprint density at radius 1 is 0.367 bits per heavy atom. The first-order valence-corrected chi connectivity index (χ1v) is 16.6. The number of hydrogen-bond acceptors (Lipinski definition) is 3. The number of benzene rings is 8. The van der Waals surface area contributed by atoms with Gasteiger partial charge in [-0.15, -0.1) is 0 Å². The van der Waals surface area contributed by atoms with Gasteiger partial charge >= 0.3 is 0 Å². The Morgan fingerprint density at radius 3 is 1.61 bits per heavy atom. The zero-order chi connectivity index (χ0) is 32.3. The minimum absolute atomic E-state index is 0.847. The molecule has 0 saturated heterocycles. The van der Waals surface area contributed by atoms with Crippen LogP contribution in [0.2, 0.25) is 0 Å². The molecule has 0 atom stereocenters. The van der Waals surface area contributed by atoms with E-state index in [0.717, 1.165) is 71.7 Å². The van der Waals surface area contributed by atoms with Crippen molar-refractivity contribution in [3.05, 3.63) is 170 Å². The number of fused-ring (bicyclic) bond motifs is 9. The molecule has 0 fully saturated rings. The molecule has 10 aromatic rings. The van der Waals surface area contributed by atoms with Gasteiger partial charge in [-0.2, -0.15) is 0 Å². The Hall–Kier alpha value is -6.58. The molecule has 10 rings (SSSR count). The summed E-state index contributed by atoms with van der Waals surface area (Å²) in [6, 6.07) is 57.6. The Bertz CT molecular complexity index is 2820. The van der Waals surface area contributed by atoms with Crippen molar-refractivity contribution >= 4 is 54.5 Å². The third-order valence-corrected chi connectivity index (χ3v) is 9.70. The average molecular weight is 625 g/mol. The van der Waals surface area contributed by atoms with Gasteiger partial charge in [-0.3, -0.25) is 4.98 Å². The highest BCUT2D eigenvalue weighted by molar-refractivity contribution is 6.23. The van der Waals surface area contributed by atoms with Gasteiger partial charge in [0.2, 0.25) is 0 Å². The van der Waals surface area contributed by atoms with E-state index in [9.17, 15) is 0 Å². The normalized spacial score (nSPS) is 11.7. The lowest BCUT2D eigenvalue weighted by atomic mass is 9.94. The van der Waals surface area contributed by atoms with E-state index >= 15 is 0 Å². The van der Waals surface area contributed by atoms with Crippen molar-refractivity contribution in [3.8, 4) is 44.6 Å². The summed E-state index contributed by atoms with van der Waals surface area (Å²) < 4.78 is 6.64. The molecule has 0 aliphatic carbocycles. The highest BCUT2D eigenvalue weighted by Gasteiger charge is 2.17. The van der Waals surface area contributed by atoms with Gasteiger partial charge in [0, 0.05) is 32.7 Å². The molecular formula is C46H28N2O. The van der Waals surface area contributed by atoms with E-state index in [1.165, 1.54) is 27.5 Å². The molecule has 8 aromatic carbocycles. The Labute approximate surface area is 282 Å². The third-order valence-electron chi connectivity index (χ3n) is 9.70. The van der Waals surface area contributed by atoms with Crippen LogP contribution in [0.5, 0.6) is 0 Å². The lowest BCUT2D eigenvalue weighted by Crippen LogP contribution is -1.92. The summed E-state index contributed by atoms with van der Waals surface area (Å²) in [6.07, 6.45) is 1.90. The molecule has 0 radical (unpaired) electrons. The fourth-order valence-corrected chi connectivity index (χ4v) is 7.28. The Kier molecular flexibility index (Phi) is 6.18. The summed E-state index contributed by atoms with van der Waals surface area (Å²) in [4.78, 5) is 10.2. The molecule has 228 valence electrons. The smallest absolute Gasteiger partial charge is 0.143 e. The van der Waals surface area contributed by atoms with Crippen molar-refractivity contribution in [2.75, 3.05) is 0 Å². The molecule has 0 N–H and O–H groups in total. The second-order valence-electron chi connectivity index (χ2n) is 12.6. The largest absolute Gasteiger partial charge is 0.455 e. The van der Waals surface area contributed by atoms with E-state index in [2.05, 4.69) is 164 Å². The molecule has 0 aliphatic rings. The van der Waals surface area contributed by atoms with Gasteiger partial charge in [-0.05, 0) is 62.9 Å². The molecule has 49 heavy (non-hydrogen) atoms. The van der Waals surface area contributed by atoms with Crippen LogP contribution in [0, 0.1) is 0 Å². The number of hydrogen-bond donors (Lipinski definition) is 0. The first kappa shape index (κ1) is 27.5.